The van der Waals surface area contributed by atoms with Gasteiger partial charge in [0.15, 0.2) is 0 Å². The van der Waals surface area contributed by atoms with Gasteiger partial charge in [0.2, 0.25) is 0 Å². The predicted octanol–water partition coefficient (Wildman–Crippen LogP) is 2.70. The van der Waals surface area contributed by atoms with Gasteiger partial charge in [-0.25, -0.2) is 4.39 Å². The van der Waals surface area contributed by atoms with Crippen molar-refractivity contribution >= 4 is 0 Å². The van der Waals surface area contributed by atoms with Crippen LogP contribution >= 0.6 is 0 Å². The van der Waals surface area contributed by atoms with Crippen LogP contribution in [0.1, 0.15) is 36.4 Å². The molecular weight excluding hydrogens is 205 g/mol. The van der Waals surface area contributed by atoms with Crippen LogP contribution in [0.2, 0.25) is 0 Å². The second kappa shape index (κ2) is 4.93. The van der Waals surface area contributed by atoms with Crippen LogP contribution in [0.5, 0.6) is 0 Å². The van der Waals surface area contributed by atoms with Crippen LogP contribution in [-0.2, 0) is 4.74 Å². The summed E-state index contributed by atoms with van der Waals surface area (Å²) in [5.74, 6) is -0.230. The van der Waals surface area contributed by atoms with E-state index in [4.69, 9.17) is 10.5 Å². The molecule has 0 aliphatic carbocycles. The zero-order valence-corrected chi connectivity index (χ0v) is 9.58. The number of ether oxygens (including phenoxy) is 1. The van der Waals surface area contributed by atoms with E-state index in [-0.39, 0.29) is 18.0 Å². The molecule has 1 aromatic rings. The Kier molecular flexibility index (Phi) is 3.56. The summed E-state index contributed by atoms with van der Waals surface area (Å²) in [5.41, 5.74) is 8.05. The fraction of sp³-hybridized carbons (Fsp3) is 0.538. The summed E-state index contributed by atoms with van der Waals surface area (Å²) >= 11 is 0. The van der Waals surface area contributed by atoms with Crippen LogP contribution < -0.4 is 5.73 Å². The molecule has 0 spiro atoms. The Balaban J connectivity index is 2.18. The Labute approximate surface area is 95.6 Å². The third kappa shape index (κ3) is 2.42. The Hall–Kier alpha value is -0.930. The smallest absolute Gasteiger partial charge is 0.123 e. The standard InChI is InChI=1S/C13H18FNO/c1-9-5-6-10(14)8-11(9)13(15)12-4-2-3-7-16-12/h5-6,8,12-13H,2-4,7,15H2,1H3. The zero-order valence-electron chi connectivity index (χ0n) is 9.58. The maximum Gasteiger partial charge on any atom is 0.123 e. The van der Waals surface area contributed by atoms with Gasteiger partial charge in [-0.05, 0) is 49.4 Å². The van der Waals surface area contributed by atoms with E-state index in [0.29, 0.717) is 0 Å². The van der Waals surface area contributed by atoms with Crippen LogP contribution in [-0.4, -0.2) is 12.7 Å². The average molecular weight is 223 g/mol. The third-order valence-electron chi connectivity index (χ3n) is 3.22. The van der Waals surface area contributed by atoms with Crippen molar-refractivity contribution in [3.63, 3.8) is 0 Å². The molecule has 1 aromatic carbocycles. The van der Waals surface area contributed by atoms with Crippen molar-refractivity contribution in [3.8, 4) is 0 Å². The first-order chi connectivity index (χ1) is 7.68. The number of benzene rings is 1. The van der Waals surface area contributed by atoms with Crippen molar-refractivity contribution in [1.29, 1.82) is 0 Å². The average Bonchev–Trinajstić information content (AvgIpc) is 2.32. The first-order valence-electron chi connectivity index (χ1n) is 5.81. The van der Waals surface area contributed by atoms with Crippen LogP contribution in [0.15, 0.2) is 18.2 Å². The molecule has 0 saturated carbocycles. The van der Waals surface area contributed by atoms with E-state index in [1.54, 1.807) is 6.07 Å². The van der Waals surface area contributed by atoms with E-state index >= 15 is 0 Å². The SMILES string of the molecule is Cc1ccc(F)cc1C(N)C1CCCCO1. The third-order valence-corrected chi connectivity index (χ3v) is 3.22. The molecular formula is C13H18FNO. The number of rotatable bonds is 2. The first kappa shape index (κ1) is 11.6. The second-order valence-electron chi connectivity index (χ2n) is 4.43. The molecule has 1 saturated heterocycles. The largest absolute Gasteiger partial charge is 0.376 e. The number of nitrogens with two attached hydrogens (primary N) is 1. The molecule has 0 radical (unpaired) electrons. The van der Waals surface area contributed by atoms with Gasteiger partial charge >= 0.3 is 0 Å². The van der Waals surface area contributed by atoms with E-state index in [9.17, 15) is 4.39 Å². The number of hydrogen-bond acceptors (Lipinski definition) is 2. The Morgan fingerprint density at radius 3 is 2.94 bits per heavy atom. The fourth-order valence-electron chi connectivity index (χ4n) is 2.22. The van der Waals surface area contributed by atoms with Crippen molar-refractivity contribution < 1.29 is 9.13 Å². The van der Waals surface area contributed by atoms with Gasteiger partial charge in [0.25, 0.3) is 0 Å². The minimum atomic E-state index is -0.230. The summed E-state index contributed by atoms with van der Waals surface area (Å²) in [6.45, 7) is 2.73. The molecule has 88 valence electrons. The van der Waals surface area contributed by atoms with Gasteiger partial charge in [0, 0.05) is 6.61 Å². The van der Waals surface area contributed by atoms with Crippen molar-refractivity contribution in [2.45, 2.75) is 38.3 Å². The van der Waals surface area contributed by atoms with E-state index in [2.05, 4.69) is 0 Å². The Morgan fingerprint density at radius 1 is 1.44 bits per heavy atom. The van der Waals surface area contributed by atoms with Crippen LogP contribution in [0.25, 0.3) is 0 Å². The molecule has 0 aromatic heterocycles. The molecule has 2 nitrogen and oxygen atoms in total. The molecule has 1 fully saturated rings. The topological polar surface area (TPSA) is 35.2 Å². The quantitative estimate of drug-likeness (QED) is 0.836. The highest BCUT2D eigenvalue weighted by Crippen LogP contribution is 2.26. The highest BCUT2D eigenvalue weighted by molar-refractivity contribution is 5.30. The van der Waals surface area contributed by atoms with Gasteiger partial charge < -0.3 is 10.5 Å². The lowest BCUT2D eigenvalue weighted by molar-refractivity contribution is -0.000145. The fourth-order valence-corrected chi connectivity index (χ4v) is 2.22. The van der Waals surface area contributed by atoms with Gasteiger partial charge in [-0.3, -0.25) is 0 Å². The lowest BCUT2D eigenvalue weighted by Gasteiger charge is -2.29. The van der Waals surface area contributed by atoms with Gasteiger partial charge in [-0.2, -0.15) is 0 Å². The van der Waals surface area contributed by atoms with Gasteiger partial charge in [0.05, 0.1) is 12.1 Å². The monoisotopic (exact) mass is 223 g/mol. The first-order valence-corrected chi connectivity index (χ1v) is 5.81. The molecule has 2 rings (SSSR count). The normalized spacial score (nSPS) is 23.1. The number of aryl methyl sites for hydroxylation is 1. The van der Waals surface area contributed by atoms with Crippen molar-refractivity contribution in [1.82, 2.24) is 0 Å². The molecule has 0 bridgehead atoms. The van der Waals surface area contributed by atoms with Gasteiger partial charge in [0.1, 0.15) is 5.82 Å². The molecule has 2 N–H and O–H groups in total. The summed E-state index contributed by atoms with van der Waals surface area (Å²) in [7, 11) is 0. The highest BCUT2D eigenvalue weighted by Gasteiger charge is 2.23. The molecule has 2 atom stereocenters. The number of hydrogen-bond donors (Lipinski definition) is 1. The summed E-state index contributed by atoms with van der Waals surface area (Å²) in [6, 6.07) is 4.55. The molecule has 3 heteroatoms. The van der Waals surface area contributed by atoms with Crippen molar-refractivity contribution in [2.24, 2.45) is 5.73 Å². The van der Waals surface area contributed by atoms with Crippen molar-refractivity contribution in [2.75, 3.05) is 6.61 Å². The van der Waals surface area contributed by atoms with Crippen LogP contribution in [0.4, 0.5) is 4.39 Å². The minimum Gasteiger partial charge on any atom is -0.376 e. The second-order valence-corrected chi connectivity index (χ2v) is 4.43. The van der Waals surface area contributed by atoms with E-state index < -0.39 is 0 Å². The highest BCUT2D eigenvalue weighted by atomic mass is 19.1. The summed E-state index contributed by atoms with van der Waals surface area (Å²) in [5, 5.41) is 0. The molecule has 1 aliphatic rings. The zero-order chi connectivity index (χ0) is 11.5. The van der Waals surface area contributed by atoms with Crippen molar-refractivity contribution in [3.05, 3.63) is 35.1 Å². The minimum absolute atomic E-state index is 0.0363. The predicted molar refractivity (Wildman–Crippen MR) is 61.7 cm³/mol. The summed E-state index contributed by atoms with van der Waals surface area (Å²) in [4.78, 5) is 0. The van der Waals surface area contributed by atoms with E-state index in [0.717, 1.165) is 37.0 Å². The molecule has 1 heterocycles. The Morgan fingerprint density at radius 2 is 2.25 bits per heavy atom. The Bertz CT molecular complexity index is 361. The van der Waals surface area contributed by atoms with Crippen LogP contribution in [0.3, 0.4) is 0 Å². The molecule has 16 heavy (non-hydrogen) atoms. The van der Waals surface area contributed by atoms with Gasteiger partial charge in [-0.1, -0.05) is 6.07 Å². The van der Waals surface area contributed by atoms with Crippen LogP contribution in [0, 0.1) is 12.7 Å². The lowest BCUT2D eigenvalue weighted by atomic mass is 9.93. The van der Waals surface area contributed by atoms with E-state index in [1.807, 2.05) is 6.92 Å². The maximum absolute atomic E-state index is 13.2. The number of halogens is 1. The summed E-state index contributed by atoms with van der Waals surface area (Å²) in [6.07, 6.45) is 3.25. The lowest BCUT2D eigenvalue weighted by Crippen LogP contribution is -2.32. The summed E-state index contributed by atoms with van der Waals surface area (Å²) < 4.78 is 18.8. The molecule has 2 unspecified atom stereocenters. The van der Waals surface area contributed by atoms with E-state index in [1.165, 1.54) is 12.1 Å². The van der Waals surface area contributed by atoms with Gasteiger partial charge in [-0.15, -0.1) is 0 Å². The molecule has 0 amide bonds. The maximum atomic E-state index is 13.2. The molecule has 1 aliphatic heterocycles.